The summed E-state index contributed by atoms with van der Waals surface area (Å²) in [6.45, 7) is 0. The predicted octanol–water partition coefficient (Wildman–Crippen LogP) is 4.41. The highest BCUT2D eigenvalue weighted by atomic mass is 79.9. The van der Waals surface area contributed by atoms with Crippen LogP contribution in [0.15, 0.2) is 51.8 Å². The summed E-state index contributed by atoms with van der Waals surface area (Å²) >= 11 is 2.86. The zero-order valence-corrected chi connectivity index (χ0v) is 13.1. The Kier molecular flexibility index (Phi) is 4.48. The number of hydrogen-bond donors (Lipinski definition) is 1. The monoisotopic (exact) mass is 397 g/mol. The molecule has 0 radical (unpaired) electrons. The van der Waals surface area contributed by atoms with Crippen LogP contribution in [-0.2, 0) is 16.2 Å². The second kappa shape index (κ2) is 5.88. The molecule has 0 fully saturated rings. The number of rotatable bonds is 3. The Hall–Kier alpha value is -1.61. The third-order valence-electron chi connectivity index (χ3n) is 2.68. The van der Waals surface area contributed by atoms with Crippen LogP contribution in [0.3, 0.4) is 0 Å². The Bertz CT molecular complexity index is 806. The van der Waals surface area contributed by atoms with E-state index < -0.39 is 38.2 Å². The molecule has 3 nitrogen and oxygen atoms in total. The molecule has 0 aliphatic heterocycles. The molecule has 0 heterocycles. The van der Waals surface area contributed by atoms with Crippen molar-refractivity contribution in [2.75, 3.05) is 4.72 Å². The fourth-order valence-electron chi connectivity index (χ4n) is 1.67. The van der Waals surface area contributed by atoms with Crippen molar-refractivity contribution in [2.24, 2.45) is 0 Å². The van der Waals surface area contributed by atoms with E-state index >= 15 is 0 Å². The Morgan fingerprint density at radius 1 is 1.05 bits per heavy atom. The van der Waals surface area contributed by atoms with E-state index in [2.05, 4.69) is 15.9 Å². The molecule has 2 aromatic carbocycles. The van der Waals surface area contributed by atoms with Gasteiger partial charge in [-0.15, -0.1) is 0 Å². The van der Waals surface area contributed by atoms with Crippen LogP contribution in [0.1, 0.15) is 5.56 Å². The molecule has 0 unspecified atom stereocenters. The number of hydrogen-bond acceptors (Lipinski definition) is 2. The van der Waals surface area contributed by atoms with Gasteiger partial charge in [0.15, 0.2) is 0 Å². The maximum absolute atomic E-state index is 13.4. The normalized spacial score (nSPS) is 12.2. The minimum absolute atomic E-state index is 0.0436. The Balaban J connectivity index is 2.44. The van der Waals surface area contributed by atoms with Crippen LogP contribution in [0.25, 0.3) is 0 Å². The molecule has 0 spiro atoms. The van der Waals surface area contributed by atoms with Crippen molar-refractivity contribution in [2.45, 2.75) is 11.1 Å². The third kappa shape index (κ3) is 3.58. The van der Waals surface area contributed by atoms with Gasteiger partial charge in [0, 0.05) is 0 Å². The first kappa shape index (κ1) is 16.8. The summed E-state index contributed by atoms with van der Waals surface area (Å²) in [6.07, 6.45) is -4.72. The van der Waals surface area contributed by atoms with E-state index in [-0.39, 0.29) is 4.47 Å². The van der Waals surface area contributed by atoms with E-state index in [4.69, 9.17) is 0 Å². The number of nitrogens with one attached hydrogen (secondary N) is 1. The lowest BCUT2D eigenvalue weighted by Crippen LogP contribution is -2.17. The van der Waals surface area contributed by atoms with Crippen LogP contribution in [0, 0.1) is 5.82 Å². The van der Waals surface area contributed by atoms with E-state index in [1.807, 2.05) is 4.72 Å². The molecular formula is C13H8BrF4NO2S. The smallest absolute Gasteiger partial charge is 0.279 e. The summed E-state index contributed by atoms with van der Waals surface area (Å²) in [5, 5.41) is 0. The van der Waals surface area contributed by atoms with Gasteiger partial charge in [-0.2, -0.15) is 13.2 Å². The minimum Gasteiger partial charge on any atom is -0.279 e. The number of halogens is 5. The molecule has 2 aromatic rings. The zero-order chi connectivity index (χ0) is 16.5. The largest absolute Gasteiger partial charge is 0.418 e. The first-order valence-corrected chi connectivity index (χ1v) is 8.03. The van der Waals surface area contributed by atoms with Crippen LogP contribution in [0.4, 0.5) is 23.2 Å². The van der Waals surface area contributed by atoms with Crippen LogP contribution in [0.5, 0.6) is 0 Å². The highest BCUT2D eigenvalue weighted by molar-refractivity contribution is 9.10. The summed E-state index contributed by atoms with van der Waals surface area (Å²) < 4.78 is 78.0. The maximum Gasteiger partial charge on any atom is 0.418 e. The first-order chi connectivity index (χ1) is 10.1. The molecule has 0 atom stereocenters. The van der Waals surface area contributed by atoms with Crippen LogP contribution in [-0.4, -0.2) is 8.42 Å². The van der Waals surface area contributed by atoms with Crippen molar-refractivity contribution in [1.29, 1.82) is 0 Å². The van der Waals surface area contributed by atoms with E-state index in [9.17, 15) is 26.0 Å². The zero-order valence-electron chi connectivity index (χ0n) is 10.7. The molecule has 118 valence electrons. The molecule has 2 rings (SSSR count). The highest BCUT2D eigenvalue weighted by Gasteiger charge is 2.34. The van der Waals surface area contributed by atoms with Gasteiger partial charge < -0.3 is 0 Å². The predicted molar refractivity (Wildman–Crippen MR) is 76.4 cm³/mol. The van der Waals surface area contributed by atoms with E-state index in [0.29, 0.717) is 6.07 Å². The SMILES string of the molecule is O=S(=O)(Nc1ccccc1C(F)(F)F)c1ccc(Br)c(F)c1. The van der Waals surface area contributed by atoms with Gasteiger partial charge in [0.1, 0.15) is 5.82 Å². The molecule has 0 aliphatic rings. The maximum atomic E-state index is 13.4. The Morgan fingerprint density at radius 2 is 1.68 bits per heavy atom. The van der Waals surface area contributed by atoms with Gasteiger partial charge in [0.05, 0.1) is 20.6 Å². The second-order valence-electron chi connectivity index (χ2n) is 4.22. The average Bonchev–Trinajstić information content (AvgIpc) is 2.40. The molecule has 0 bridgehead atoms. The van der Waals surface area contributed by atoms with E-state index in [0.717, 1.165) is 30.3 Å². The molecular weight excluding hydrogens is 390 g/mol. The van der Waals surface area contributed by atoms with Crippen molar-refractivity contribution in [1.82, 2.24) is 0 Å². The van der Waals surface area contributed by atoms with Crippen LogP contribution >= 0.6 is 15.9 Å². The number of sulfonamides is 1. The molecule has 0 saturated carbocycles. The summed E-state index contributed by atoms with van der Waals surface area (Å²) in [5.74, 6) is -0.841. The topological polar surface area (TPSA) is 46.2 Å². The highest BCUT2D eigenvalue weighted by Crippen LogP contribution is 2.35. The van der Waals surface area contributed by atoms with Crippen LogP contribution in [0.2, 0.25) is 0 Å². The van der Waals surface area contributed by atoms with Gasteiger partial charge in [0.25, 0.3) is 10.0 Å². The van der Waals surface area contributed by atoms with Gasteiger partial charge >= 0.3 is 6.18 Å². The van der Waals surface area contributed by atoms with Gasteiger partial charge in [-0.25, -0.2) is 12.8 Å². The first-order valence-electron chi connectivity index (χ1n) is 5.75. The lowest BCUT2D eigenvalue weighted by atomic mass is 10.2. The summed E-state index contributed by atoms with van der Waals surface area (Å²) in [4.78, 5) is -0.481. The lowest BCUT2D eigenvalue weighted by molar-refractivity contribution is -0.136. The van der Waals surface area contributed by atoms with Gasteiger partial charge in [-0.1, -0.05) is 12.1 Å². The number of anilines is 1. The summed E-state index contributed by atoms with van der Waals surface area (Å²) in [7, 11) is -4.35. The molecule has 0 amide bonds. The van der Waals surface area contributed by atoms with Crippen molar-refractivity contribution in [3.63, 3.8) is 0 Å². The van der Waals surface area contributed by atoms with E-state index in [1.54, 1.807) is 0 Å². The average molecular weight is 398 g/mol. The summed E-state index contributed by atoms with van der Waals surface area (Å²) in [5.41, 5.74) is -1.76. The molecule has 0 aromatic heterocycles. The summed E-state index contributed by atoms with van der Waals surface area (Å²) in [6, 6.07) is 7.07. The molecule has 0 aliphatic carbocycles. The van der Waals surface area contributed by atoms with Crippen molar-refractivity contribution >= 4 is 31.6 Å². The number of alkyl halides is 3. The molecule has 1 N–H and O–H groups in total. The Morgan fingerprint density at radius 3 is 2.27 bits per heavy atom. The van der Waals surface area contributed by atoms with Crippen molar-refractivity contribution in [3.8, 4) is 0 Å². The quantitative estimate of drug-likeness (QED) is 0.779. The van der Waals surface area contributed by atoms with E-state index in [1.165, 1.54) is 6.07 Å². The van der Waals surface area contributed by atoms with Gasteiger partial charge in [-0.05, 0) is 46.3 Å². The Labute approximate surface area is 132 Å². The van der Waals surface area contributed by atoms with Crippen molar-refractivity contribution < 1.29 is 26.0 Å². The fraction of sp³-hybridized carbons (Fsp3) is 0.0769. The standard InChI is InChI=1S/C13H8BrF4NO2S/c14-10-6-5-8(7-11(10)15)22(20,21)19-12-4-2-1-3-9(12)13(16,17)18/h1-7,19H. The molecule has 0 saturated heterocycles. The van der Waals surface area contributed by atoms with Crippen LogP contribution < -0.4 is 4.72 Å². The lowest BCUT2D eigenvalue weighted by Gasteiger charge is -2.14. The second-order valence-corrected chi connectivity index (χ2v) is 6.76. The van der Waals surface area contributed by atoms with Crippen molar-refractivity contribution in [3.05, 3.63) is 58.3 Å². The minimum atomic E-state index is -4.72. The molecule has 22 heavy (non-hydrogen) atoms. The third-order valence-corrected chi connectivity index (χ3v) is 4.68. The fourth-order valence-corrected chi connectivity index (χ4v) is 3.00. The number of benzene rings is 2. The number of para-hydroxylation sites is 1. The van der Waals surface area contributed by atoms with Gasteiger partial charge in [0.2, 0.25) is 0 Å². The molecule has 9 heteroatoms. The van der Waals surface area contributed by atoms with Gasteiger partial charge in [-0.3, -0.25) is 4.72 Å².